The number of hydrogen-bond acceptors (Lipinski definition) is 5. The molecule has 1 saturated heterocycles. The van der Waals surface area contributed by atoms with Gasteiger partial charge in [-0.25, -0.2) is 0 Å². The molecule has 0 unspecified atom stereocenters. The van der Waals surface area contributed by atoms with Crippen molar-refractivity contribution >= 4 is 28.8 Å². The molecule has 1 fully saturated rings. The smallest absolute Gasteiger partial charge is 0.313 e. The summed E-state index contributed by atoms with van der Waals surface area (Å²) in [5.41, 5.74) is 0.679. The summed E-state index contributed by atoms with van der Waals surface area (Å²) in [6.45, 7) is 3.48. The molecule has 3 rings (SSSR count). The van der Waals surface area contributed by atoms with E-state index in [4.69, 9.17) is 5.26 Å². The normalized spacial score (nSPS) is 15.1. The van der Waals surface area contributed by atoms with Gasteiger partial charge >= 0.3 is 11.8 Å². The van der Waals surface area contributed by atoms with Crippen LogP contribution in [-0.2, 0) is 16.1 Å². The van der Waals surface area contributed by atoms with Gasteiger partial charge in [0.2, 0.25) is 0 Å². The van der Waals surface area contributed by atoms with E-state index in [2.05, 4.69) is 33.0 Å². The van der Waals surface area contributed by atoms with Crippen LogP contribution in [-0.4, -0.2) is 36.3 Å². The predicted molar refractivity (Wildman–Crippen MR) is 105 cm³/mol. The number of amides is 2. The van der Waals surface area contributed by atoms with E-state index < -0.39 is 11.8 Å². The standard InChI is InChI=1S/C20H22N4O2S/c21-12-16-4-1-2-6-18(16)23-20(26)19(25)22-13-15-7-9-24(10-8-15)14-17-5-3-11-27-17/h1-6,11,15H,7-10,13-14H2,(H,22,25)(H,23,26). The number of thiophene rings is 1. The number of anilines is 1. The van der Waals surface area contributed by atoms with Crippen molar-refractivity contribution in [3.63, 3.8) is 0 Å². The summed E-state index contributed by atoms with van der Waals surface area (Å²) >= 11 is 1.77. The molecular formula is C20H22N4O2S. The van der Waals surface area contributed by atoms with Gasteiger partial charge in [0.15, 0.2) is 0 Å². The first-order chi connectivity index (χ1) is 13.2. The monoisotopic (exact) mass is 382 g/mol. The van der Waals surface area contributed by atoms with Gasteiger partial charge in [-0.1, -0.05) is 18.2 Å². The summed E-state index contributed by atoms with van der Waals surface area (Å²) in [4.78, 5) is 27.9. The van der Waals surface area contributed by atoms with Gasteiger partial charge in [-0.05, 0) is 55.4 Å². The molecule has 2 N–H and O–H groups in total. The lowest BCUT2D eigenvalue weighted by Crippen LogP contribution is -2.41. The number of para-hydroxylation sites is 1. The van der Waals surface area contributed by atoms with Crippen molar-refractivity contribution in [2.24, 2.45) is 5.92 Å². The van der Waals surface area contributed by atoms with Crippen LogP contribution >= 0.6 is 11.3 Å². The van der Waals surface area contributed by atoms with Crippen LogP contribution in [0.3, 0.4) is 0 Å². The van der Waals surface area contributed by atoms with E-state index in [9.17, 15) is 9.59 Å². The highest BCUT2D eigenvalue weighted by atomic mass is 32.1. The second kappa shape index (κ2) is 9.31. The Morgan fingerprint density at radius 3 is 2.63 bits per heavy atom. The molecule has 6 nitrogen and oxygen atoms in total. The van der Waals surface area contributed by atoms with E-state index in [1.807, 2.05) is 6.07 Å². The van der Waals surface area contributed by atoms with Gasteiger partial charge in [0.1, 0.15) is 6.07 Å². The van der Waals surface area contributed by atoms with Crippen molar-refractivity contribution in [3.8, 4) is 6.07 Å². The number of hydrogen-bond donors (Lipinski definition) is 2. The van der Waals surface area contributed by atoms with Crippen LogP contribution in [0.25, 0.3) is 0 Å². The third kappa shape index (κ3) is 5.39. The molecule has 2 amide bonds. The minimum absolute atomic E-state index is 0.330. The highest BCUT2D eigenvalue weighted by Gasteiger charge is 2.22. The second-order valence-corrected chi connectivity index (χ2v) is 7.65. The molecule has 140 valence electrons. The van der Waals surface area contributed by atoms with Crippen molar-refractivity contribution < 1.29 is 9.59 Å². The number of carbonyl (C=O) groups excluding carboxylic acids is 2. The zero-order valence-corrected chi connectivity index (χ0v) is 15.8. The number of nitrogens with one attached hydrogen (secondary N) is 2. The summed E-state index contributed by atoms with van der Waals surface area (Å²) in [6.07, 6.45) is 2.01. The van der Waals surface area contributed by atoms with Crippen LogP contribution in [0.5, 0.6) is 0 Å². The van der Waals surface area contributed by atoms with E-state index in [1.165, 1.54) is 4.88 Å². The highest BCUT2D eigenvalue weighted by molar-refractivity contribution is 7.09. The summed E-state index contributed by atoms with van der Waals surface area (Å²) in [5.74, 6) is -1.02. The van der Waals surface area contributed by atoms with Gasteiger partial charge in [0.25, 0.3) is 0 Å². The average molecular weight is 382 g/mol. The van der Waals surface area contributed by atoms with Crippen molar-refractivity contribution in [2.75, 3.05) is 25.0 Å². The number of nitriles is 1. The third-order valence-corrected chi connectivity index (χ3v) is 5.58. The zero-order valence-electron chi connectivity index (χ0n) is 15.0. The Morgan fingerprint density at radius 1 is 1.15 bits per heavy atom. The number of benzene rings is 1. The van der Waals surface area contributed by atoms with Gasteiger partial charge in [0, 0.05) is 18.0 Å². The van der Waals surface area contributed by atoms with Gasteiger partial charge in [-0.3, -0.25) is 14.5 Å². The van der Waals surface area contributed by atoms with E-state index >= 15 is 0 Å². The number of carbonyl (C=O) groups is 2. The number of nitrogens with zero attached hydrogens (tertiary/aromatic N) is 2. The number of rotatable bonds is 5. The molecule has 0 saturated carbocycles. The van der Waals surface area contributed by atoms with Crippen LogP contribution < -0.4 is 10.6 Å². The molecule has 0 radical (unpaired) electrons. The molecule has 0 spiro atoms. The van der Waals surface area contributed by atoms with Crippen molar-refractivity contribution in [2.45, 2.75) is 19.4 Å². The molecule has 1 aromatic carbocycles. The summed E-state index contributed by atoms with van der Waals surface area (Å²) in [6, 6.07) is 12.8. The third-order valence-electron chi connectivity index (χ3n) is 4.72. The van der Waals surface area contributed by atoms with E-state index in [1.54, 1.807) is 35.6 Å². The van der Waals surface area contributed by atoms with E-state index in [-0.39, 0.29) is 0 Å². The summed E-state index contributed by atoms with van der Waals surface area (Å²) in [7, 11) is 0. The van der Waals surface area contributed by atoms with Crippen molar-refractivity contribution in [1.82, 2.24) is 10.2 Å². The summed E-state index contributed by atoms with van der Waals surface area (Å²) in [5, 5.41) is 16.4. The van der Waals surface area contributed by atoms with Gasteiger partial charge in [-0.2, -0.15) is 5.26 Å². The first-order valence-corrected chi connectivity index (χ1v) is 9.86. The molecule has 1 aliphatic heterocycles. The fraction of sp³-hybridized carbons (Fsp3) is 0.350. The Bertz CT molecular complexity index is 821. The van der Waals surface area contributed by atoms with E-state index in [0.717, 1.165) is 32.5 Å². The van der Waals surface area contributed by atoms with Crippen LogP contribution in [0.1, 0.15) is 23.3 Å². The Kier molecular flexibility index (Phi) is 6.58. The second-order valence-electron chi connectivity index (χ2n) is 6.62. The molecule has 7 heteroatoms. The lowest BCUT2D eigenvalue weighted by atomic mass is 9.97. The Labute approximate surface area is 162 Å². The number of likely N-dealkylation sites (tertiary alicyclic amines) is 1. The predicted octanol–water partition coefficient (Wildman–Crippen LogP) is 2.59. The first kappa shape index (κ1) is 19.1. The molecule has 1 aliphatic rings. The average Bonchev–Trinajstić information content (AvgIpc) is 3.20. The largest absolute Gasteiger partial charge is 0.348 e. The van der Waals surface area contributed by atoms with Crippen molar-refractivity contribution in [3.05, 3.63) is 52.2 Å². The lowest BCUT2D eigenvalue weighted by Gasteiger charge is -2.31. The maximum Gasteiger partial charge on any atom is 0.313 e. The lowest BCUT2D eigenvalue weighted by molar-refractivity contribution is -0.136. The Morgan fingerprint density at radius 2 is 1.93 bits per heavy atom. The molecule has 0 atom stereocenters. The Hall–Kier alpha value is -2.69. The fourth-order valence-corrected chi connectivity index (χ4v) is 3.90. The van der Waals surface area contributed by atoms with Crippen LogP contribution in [0, 0.1) is 17.2 Å². The molecule has 27 heavy (non-hydrogen) atoms. The fourth-order valence-electron chi connectivity index (χ4n) is 3.16. The SMILES string of the molecule is N#Cc1ccccc1NC(=O)C(=O)NCC1CCN(Cc2cccs2)CC1. The minimum atomic E-state index is -0.743. The van der Waals surface area contributed by atoms with Crippen LogP contribution in [0.4, 0.5) is 5.69 Å². The van der Waals surface area contributed by atoms with Gasteiger partial charge in [0.05, 0.1) is 11.3 Å². The molecule has 2 aromatic rings. The molecular weight excluding hydrogens is 360 g/mol. The quantitative estimate of drug-likeness (QED) is 0.779. The van der Waals surface area contributed by atoms with Gasteiger partial charge < -0.3 is 10.6 Å². The number of piperidine rings is 1. The first-order valence-electron chi connectivity index (χ1n) is 8.98. The molecule has 0 aliphatic carbocycles. The topological polar surface area (TPSA) is 85.2 Å². The van der Waals surface area contributed by atoms with Crippen molar-refractivity contribution in [1.29, 1.82) is 5.26 Å². The highest BCUT2D eigenvalue weighted by Crippen LogP contribution is 2.20. The van der Waals surface area contributed by atoms with E-state index in [0.29, 0.717) is 23.7 Å². The molecule has 0 bridgehead atoms. The maximum absolute atomic E-state index is 12.1. The molecule has 2 heterocycles. The van der Waals surface area contributed by atoms with Crippen LogP contribution in [0.15, 0.2) is 41.8 Å². The molecule has 1 aromatic heterocycles. The zero-order chi connectivity index (χ0) is 19.1. The summed E-state index contributed by atoms with van der Waals surface area (Å²) < 4.78 is 0. The Balaban J connectivity index is 1.40. The van der Waals surface area contributed by atoms with Gasteiger partial charge in [-0.15, -0.1) is 11.3 Å². The maximum atomic E-state index is 12.1. The van der Waals surface area contributed by atoms with Crippen LogP contribution in [0.2, 0.25) is 0 Å². The minimum Gasteiger partial charge on any atom is -0.348 e.